The minimum absolute atomic E-state index is 0.0326. The fraction of sp³-hybridized carbons (Fsp3) is 0.263. The van der Waals surface area contributed by atoms with Gasteiger partial charge < -0.3 is 9.84 Å². The molecule has 0 bridgehead atoms. The molecule has 26 heavy (non-hydrogen) atoms. The first-order valence-electron chi connectivity index (χ1n) is 7.91. The van der Waals surface area contributed by atoms with Crippen LogP contribution in [0.15, 0.2) is 48.5 Å². The van der Waals surface area contributed by atoms with Crippen LogP contribution in [0.25, 0.3) is 0 Å². The lowest BCUT2D eigenvalue weighted by atomic mass is 10.0. The summed E-state index contributed by atoms with van der Waals surface area (Å²) in [6, 6.07) is 11.8. The van der Waals surface area contributed by atoms with Crippen molar-refractivity contribution in [3.63, 3.8) is 0 Å². The number of hydrogen-bond acceptors (Lipinski definition) is 6. The van der Waals surface area contributed by atoms with Crippen molar-refractivity contribution in [2.45, 2.75) is 18.1 Å². The van der Waals surface area contributed by atoms with E-state index < -0.39 is 20.9 Å². The van der Waals surface area contributed by atoms with E-state index in [2.05, 4.69) is 0 Å². The molecular weight excluding hydrogens is 356 g/mol. The molecule has 0 aliphatic heterocycles. The Hall–Kier alpha value is -2.67. The molecule has 2 aromatic carbocycles. The minimum atomic E-state index is -3.69. The standard InChI is InChI=1S/C19H20O6S/c1-25-16-9-5-14(6-10-16)19(22)18(26(2,23)24)12-11-17(21)13-3-7-15(20)8-4-13/h3-10,18,20H,11-12H2,1-2H3/t18-/m0/s1. The Balaban J connectivity index is 2.15. The van der Waals surface area contributed by atoms with Gasteiger partial charge in [0, 0.05) is 23.8 Å². The van der Waals surface area contributed by atoms with Gasteiger partial charge in [-0.1, -0.05) is 0 Å². The van der Waals surface area contributed by atoms with Crippen molar-refractivity contribution in [2.75, 3.05) is 13.4 Å². The van der Waals surface area contributed by atoms with E-state index in [0.717, 1.165) is 6.26 Å². The maximum absolute atomic E-state index is 12.6. The first-order chi connectivity index (χ1) is 12.2. The van der Waals surface area contributed by atoms with E-state index in [1.807, 2.05) is 0 Å². The molecule has 1 atom stereocenters. The fourth-order valence-corrected chi connectivity index (χ4v) is 3.61. The van der Waals surface area contributed by atoms with E-state index in [0.29, 0.717) is 11.3 Å². The van der Waals surface area contributed by atoms with Gasteiger partial charge in [-0.25, -0.2) is 8.42 Å². The van der Waals surface area contributed by atoms with Gasteiger partial charge in [-0.3, -0.25) is 9.59 Å². The Morgan fingerprint density at radius 1 is 1.00 bits per heavy atom. The van der Waals surface area contributed by atoms with E-state index in [4.69, 9.17) is 4.74 Å². The number of rotatable bonds is 8. The van der Waals surface area contributed by atoms with Crippen LogP contribution in [0.2, 0.25) is 0 Å². The van der Waals surface area contributed by atoms with Crippen molar-refractivity contribution in [2.24, 2.45) is 0 Å². The van der Waals surface area contributed by atoms with Gasteiger partial charge in [-0.05, 0) is 55.0 Å². The molecule has 0 saturated heterocycles. The Kier molecular flexibility index (Phi) is 6.15. The summed E-state index contributed by atoms with van der Waals surface area (Å²) in [6.45, 7) is 0. The predicted molar refractivity (Wildman–Crippen MR) is 97.6 cm³/mol. The molecule has 1 N–H and O–H groups in total. The van der Waals surface area contributed by atoms with Crippen LogP contribution in [0.5, 0.6) is 11.5 Å². The van der Waals surface area contributed by atoms with Gasteiger partial charge in [0.2, 0.25) is 0 Å². The number of Topliss-reactive ketones (excluding diaryl/α,β-unsaturated/α-hetero) is 2. The zero-order valence-electron chi connectivity index (χ0n) is 14.5. The lowest BCUT2D eigenvalue weighted by Gasteiger charge is -2.14. The first-order valence-corrected chi connectivity index (χ1v) is 9.87. The molecule has 0 aliphatic rings. The van der Waals surface area contributed by atoms with Crippen molar-refractivity contribution < 1.29 is 27.9 Å². The summed E-state index contributed by atoms with van der Waals surface area (Å²) in [7, 11) is -2.19. The van der Waals surface area contributed by atoms with Crippen LogP contribution in [-0.4, -0.2) is 43.7 Å². The fourth-order valence-electron chi connectivity index (χ4n) is 2.53. The third kappa shape index (κ3) is 4.92. The summed E-state index contributed by atoms with van der Waals surface area (Å²) in [5.41, 5.74) is 0.602. The number of phenols is 1. The summed E-state index contributed by atoms with van der Waals surface area (Å²) < 4.78 is 29.2. The van der Waals surface area contributed by atoms with Crippen LogP contribution in [0.3, 0.4) is 0 Å². The van der Waals surface area contributed by atoms with Crippen molar-refractivity contribution in [1.82, 2.24) is 0 Å². The summed E-state index contributed by atoms with van der Waals surface area (Å²) in [5.74, 6) is -0.250. The lowest BCUT2D eigenvalue weighted by molar-refractivity contribution is 0.0960. The van der Waals surface area contributed by atoms with Gasteiger partial charge in [-0.15, -0.1) is 0 Å². The van der Waals surface area contributed by atoms with Crippen LogP contribution >= 0.6 is 0 Å². The highest BCUT2D eigenvalue weighted by atomic mass is 32.2. The molecule has 2 aromatic rings. The highest BCUT2D eigenvalue weighted by Crippen LogP contribution is 2.20. The van der Waals surface area contributed by atoms with Gasteiger partial charge in [0.15, 0.2) is 21.4 Å². The molecule has 6 nitrogen and oxygen atoms in total. The third-order valence-electron chi connectivity index (χ3n) is 4.01. The van der Waals surface area contributed by atoms with Gasteiger partial charge in [0.05, 0.1) is 7.11 Å². The molecule has 0 unspecified atom stereocenters. The number of methoxy groups -OCH3 is 1. The number of sulfone groups is 1. The normalized spacial score (nSPS) is 12.4. The van der Waals surface area contributed by atoms with Gasteiger partial charge >= 0.3 is 0 Å². The quantitative estimate of drug-likeness (QED) is 0.711. The second-order valence-electron chi connectivity index (χ2n) is 5.92. The van der Waals surface area contributed by atoms with Gasteiger partial charge in [0.1, 0.15) is 16.7 Å². The third-order valence-corrected chi connectivity index (χ3v) is 5.49. The molecule has 0 aromatic heterocycles. The molecule has 0 heterocycles. The molecule has 0 radical (unpaired) electrons. The zero-order valence-corrected chi connectivity index (χ0v) is 15.3. The van der Waals surface area contributed by atoms with Gasteiger partial charge in [-0.2, -0.15) is 0 Å². The summed E-state index contributed by atoms with van der Waals surface area (Å²) in [4.78, 5) is 24.8. The predicted octanol–water partition coefficient (Wildman–Crippen LogP) is 2.66. The Bertz CT molecular complexity index is 883. The van der Waals surface area contributed by atoms with Crippen LogP contribution in [0.4, 0.5) is 0 Å². The zero-order chi connectivity index (χ0) is 19.3. The maximum atomic E-state index is 12.6. The highest BCUT2D eigenvalue weighted by Gasteiger charge is 2.30. The van der Waals surface area contributed by atoms with Gasteiger partial charge in [0.25, 0.3) is 0 Å². The van der Waals surface area contributed by atoms with E-state index in [9.17, 15) is 23.1 Å². The van der Waals surface area contributed by atoms with E-state index in [1.165, 1.54) is 43.5 Å². The molecule has 138 valence electrons. The maximum Gasteiger partial charge on any atom is 0.180 e. The summed E-state index contributed by atoms with van der Waals surface area (Å²) >= 11 is 0. The average molecular weight is 376 g/mol. The number of carbonyl (C=O) groups excluding carboxylic acids is 2. The smallest absolute Gasteiger partial charge is 0.180 e. The monoisotopic (exact) mass is 376 g/mol. The molecule has 0 saturated carbocycles. The molecule has 0 aliphatic carbocycles. The molecule has 2 rings (SSSR count). The number of benzene rings is 2. The molecular formula is C19H20O6S. The summed E-state index contributed by atoms with van der Waals surface area (Å²) in [6.07, 6.45) is 0.790. The number of carbonyl (C=O) groups is 2. The Morgan fingerprint density at radius 3 is 2.04 bits per heavy atom. The van der Waals surface area contributed by atoms with E-state index in [1.54, 1.807) is 12.1 Å². The highest BCUT2D eigenvalue weighted by molar-refractivity contribution is 7.92. The van der Waals surface area contributed by atoms with Crippen LogP contribution in [-0.2, 0) is 9.84 Å². The first kappa shape index (κ1) is 19.7. The second-order valence-corrected chi connectivity index (χ2v) is 8.15. The molecule has 0 fully saturated rings. The number of phenolic OH excluding ortho intramolecular Hbond substituents is 1. The number of aromatic hydroxyl groups is 1. The Morgan fingerprint density at radius 2 is 1.54 bits per heavy atom. The van der Waals surface area contributed by atoms with Crippen LogP contribution in [0.1, 0.15) is 33.6 Å². The topological polar surface area (TPSA) is 97.7 Å². The SMILES string of the molecule is COc1ccc(C(=O)[C@H](CCC(=O)c2ccc(O)cc2)S(C)(=O)=O)cc1. The Labute approximate surface area is 152 Å². The lowest BCUT2D eigenvalue weighted by Crippen LogP contribution is -2.30. The second kappa shape index (κ2) is 8.14. The average Bonchev–Trinajstić information content (AvgIpc) is 2.61. The minimum Gasteiger partial charge on any atom is -0.508 e. The largest absolute Gasteiger partial charge is 0.508 e. The van der Waals surface area contributed by atoms with Crippen molar-refractivity contribution in [3.8, 4) is 11.5 Å². The molecule has 0 amide bonds. The molecule has 0 spiro atoms. The van der Waals surface area contributed by atoms with E-state index in [-0.39, 0.29) is 29.9 Å². The summed E-state index contributed by atoms with van der Waals surface area (Å²) in [5, 5.41) is 7.96. The number of hydrogen-bond donors (Lipinski definition) is 1. The number of ether oxygens (including phenoxy) is 1. The van der Waals surface area contributed by atoms with Crippen molar-refractivity contribution >= 4 is 21.4 Å². The van der Waals surface area contributed by atoms with Crippen molar-refractivity contribution in [1.29, 1.82) is 0 Å². The van der Waals surface area contributed by atoms with Crippen molar-refractivity contribution in [3.05, 3.63) is 59.7 Å². The van der Waals surface area contributed by atoms with Crippen LogP contribution in [0, 0.1) is 0 Å². The molecule has 7 heteroatoms. The van der Waals surface area contributed by atoms with E-state index >= 15 is 0 Å². The number of ketones is 2. The van der Waals surface area contributed by atoms with Crippen LogP contribution < -0.4 is 4.74 Å².